The molecule has 4 rings (SSSR count). The highest BCUT2D eigenvalue weighted by Crippen LogP contribution is 2.21. The fraction of sp³-hybridized carbons (Fsp3) is 0.250. The van der Waals surface area contributed by atoms with Crippen LogP contribution in [-0.2, 0) is 4.74 Å². The van der Waals surface area contributed by atoms with Gasteiger partial charge in [-0.3, -0.25) is 4.79 Å². The second-order valence-corrected chi connectivity index (χ2v) is 6.40. The molecule has 2 heterocycles. The highest BCUT2D eigenvalue weighted by molar-refractivity contribution is 6.03. The van der Waals surface area contributed by atoms with Crippen molar-refractivity contribution in [1.29, 1.82) is 0 Å². The zero-order chi connectivity index (χ0) is 18.6. The van der Waals surface area contributed by atoms with Gasteiger partial charge in [-0.1, -0.05) is 30.3 Å². The molecule has 3 aromatic rings. The molecule has 1 fully saturated rings. The zero-order valence-electron chi connectivity index (χ0n) is 15.1. The summed E-state index contributed by atoms with van der Waals surface area (Å²) in [6, 6.07) is 17.2. The van der Waals surface area contributed by atoms with E-state index in [2.05, 4.69) is 20.8 Å². The van der Waals surface area contributed by atoms with E-state index < -0.39 is 0 Å². The lowest BCUT2D eigenvalue weighted by molar-refractivity contribution is 0.0277. The van der Waals surface area contributed by atoms with Crippen molar-refractivity contribution in [3.63, 3.8) is 0 Å². The van der Waals surface area contributed by atoms with Gasteiger partial charge in [-0.2, -0.15) is 9.90 Å². The average molecular weight is 363 g/mol. The number of para-hydroxylation sites is 1. The zero-order valence-corrected chi connectivity index (χ0v) is 15.1. The van der Waals surface area contributed by atoms with E-state index in [1.165, 1.54) is 4.80 Å². The van der Waals surface area contributed by atoms with Crippen LogP contribution in [0.25, 0.3) is 5.69 Å². The molecule has 0 aliphatic carbocycles. The van der Waals surface area contributed by atoms with Crippen LogP contribution in [-0.4, -0.2) is 40.6 Å². The molecule has 1 aliphatic heterocycles. The highest BCUT2D eigenvalue weighted by atomic mass is 16.5. The Morgan fingerprint density at radius 1 is 1.15 bits per heavy atom. The van der Waals surface area contributed by atoms with Crippen LogP contribution in [0.3, 0.4) is 0 Å². The van der Waals surface area contributed by atoms with Crippen molar-refractivity contribution in [2.24, 2.45) is 0 Å². The van der Waals surface area contributed by atoms with Crippen molar-refractivity contribution in [1.82, 2.24) is 20.3 Å². The number of rotatable bonds is 4. The van der Waals surface area contributed by atoms with Gasteiger partial charge < -0.3 is 15.4 Å². The van der Waals surface area contributed by atoms with E-state index in [1.54, 1.807) is 6.92 Å². The SMILES string of the molecule is Cc1nn(-c2ccccc2)nc1C(=O)Nc1ccc([C@@H]2CNCCO2)cc1. The largest absolute Gasteiger partial charge is 0.371 e. The quantitative estimate of drug-likeness (QED) is 0.744. The molecule has 0 saturated carbocycles. The van der Waals surface area contributed by atoms with Gasteiger partial charge >= 0.3 is 0 Å². The fourth-order valence-corrected chi connectivity index (χ4v) is 3.02. The van der Waals surface area contributed by atoms with E-state index in [1.807, 2.05) is 54.6 Å². The number of anilines is 1. The first kappa shape index (κ1) is 17.4. The first-order valence-corrected chi connectivity index (χ1v) is 8.94. The molecule has 0 radical (unpaired) electrons. The summed E-state index contributed by atoms with van der Waals surface area (Å²) in [5, 5.41) is 14.9. The summed E-state index contributed by atoms with van der Waals surface area (Å²) in [7, 11) is 0. The van der Waals surface area contributed by atoms with Gasteiger partial charge in [-0.05, 0) is 36.8 Å². The van der Waals surface area contributed by atoms with Crippen molar-refractivity contribution in [3.05, 3.63) is 71.5 Å². The van der Waals surface area contributed by atoms with E-state index >= 15 is 0 Å². The predicted molar refractivity (Wildman–Crippen MR) is 102 cm³/mol. The Bertz CT molecular complexity index is 915. The second kappa shape index (κ2) is 7.69. The molecule has 1 saturated heterocycles. The topological polar surface area (TPSA) is 81.1 Å². The van der Waals surface area contributed by atoms with Gasteiger partial charge in [0.15, 0.2) is 5.69 Å². The Balaban J connectivity index is 1.47. The molecule has 0 spiro atoms. The Morgan fingerprint density at radius 3 is 2.63 bits per heavy atom. The van der Waals surface area contributed by atoms with E-state index in [4.69, 9.17) is 4.74 Å². The van der Waals surface area contributed by atoms with Gasteiger partial charge in [0, 0.05) is 18.8 Å². The Hall–Kier alpha value is -3.03. The lowest BCUT2D eigenvalue weighted by Gasteiger charge is -2.24. The lowest BCUT2D eigenvalue weighted by Crippen LogP contribution is -2.33. The van der Waals surface area contributed by atoms with Crippen LogP contribution < -0.4 is 10.6 Å². The van der Waals surface area contributed by atoms with Crippen molar-refractivity contribution >= 4 is 11.6 Å². The third kappa shape index (κ3) is 3.89. The van der Waals surface area contributed by atoms with E-state index in [0.717, 1.165) is 24.3 Å². The maximum Gasteiger partial charge on any atom is 0.278 e. The summed E-state index contributed by atoms with van der Waals surface area (Å²) < 4.78 is 5.74. The molecule has 1 aliphatic rings. The van der Waals surface area contributed by atoms with Gasteiger partial charge in [0.25, 0.3) is 5.91 Å². The van der Waals surface area contributed by atoms with Gasteiger partial charge in [-0.15, -0.1) is 5.10 Å². The Kier molecular flexibility index (Phi) is 4.95. The molecule has 27 heavy (non-hydrogen) atoms. The number of hydrogen-bond donors (Lipinski definition) is 2. The van der Waals surface area contributed by atoms with Crippen LogP contribution >= 0.6 is 0 Å². The number of nitrogens with zero attached hydrogens (tertiary/aromatic N) is 3. The smallest absolute Gasteiger partial charge is 0.278 e. The number of hydrogen-bond acceptors (Lipinski definition) is 5. The van der Waals surface area contributed by atoms with Crippen molar-refractivity contribution in [2.45, 2.75) is 13.0 Å². The molecule has 1 amide bonds. The summed E-state index contributed by atoms with van der Waals surface area (Å²) in [5.74, 6) is -0.280. The van der Waals surface area contributed by atoms with E-state index in [-0.39, 0.29) is 12.0 Å². The van der Waals surface area contributed by atoms with Crippen LogP contribution in [0.15, 0.2) is 54.6 Å². The Labute approximate surface area is 157 Å². The number of carbonyl (C=O) groups is 1. The number of nitrogens with one attached hydrogen (secondary N) is 2. The summed E-state index contributed by atoms with van der Waals surface area (Å²) >= 11 is 0. The molecule has 7 heteroatoms. The number of morpholine rings is 1. The van der Waals surface area contributed by atoms with Crippen LogP contribution in [0.1, 0.15) is 27.8 Å². The molecular formula is C20H21N5O2. The number of amides is 1. The third-order valence-electron chi connectivity index (χ3n) is 4.45. The highest BCUT2D eigenvalue weighted by Gasteiger charge is 2.18. The lowest BCUT2D eigenvalue weighted by atomic mass is 10.1. The standard InChI is InChI=1S/C20H21N5O2/c1-14-19(24-25(23-14)17-5-3-2-4-6-17)20(26)22-16-9-7-15(8-10-16)18-13-21-11-12-27-18/h2-10,18,21H,11-13H2,1H3,(H,22,26)/t18-/m0/s1. The minimum absolute atomic E-state index is 0.0523. The molecule has 7 nitrogen and oxygen atoms in total. The summed E-state index contributed by atoms with van der Waals surface area (Å²) in [6.07, 6.45) is 0.0523. The molecule has 1 atom stereocenters. The molecule has 0 bridgehead atoms. The van der Waals surface area contributed by atoms with Crippen molar-refractivity contribution < 1.29 is 9.53 Å². The maximum atomic E-state index is 12.6. The monoisotopic (exact) mass is 363 g/mol. The molecule has 2 N–H and O–H groups in total. The third-order valence-corrected chi connectivity index (χ3v) is 4.45. The normalized spacial score (nSPS) is 16.9. The number of ether oxygens (including phenoxy) is 1. The minimum Gasteiger partial charge on any atom is -0.371 e. The number of aryl methyl sites for hydroxylation is 1. The van der Waals surface area contributed by atoms with Gasteiger partial charge in [-0.25, -0.2) is 0 Å². The predicted octanol–water partition coefficient (Wildman–Crippen LogP) is 2.49. The molecular weight excluding hydrogens is 342 g/mol. The summed E-state index contributed by atoms with van der Waals surface area (Å²) in [6.45, 7) is 4.17. The van der Waals surface area contributed by atoms with E-state index in [0.29, 0.717) is 23.7 Å². The average Bonchev–Trinajstić information content (AvgIpc) is 3.12. The van der Waals surface area contributed by atoms with Crippen LogP contribution in [0.5, 0.6) is 0 Å². The molecule has 1 aromatic heterocycles. The summed E-state index contributed by atoms with van der Waals surface area (Å²) in [4.78, 5) is 14.1. The minimum atomic E-state index is -0.280. The van der Waals surface area contributed by atoms with Crippen molar-refractivity contribution in [2.75, 3.05) is 25.0 Å². The van der Waals surface area contributed by atoms with Gasteiger partial charge in [0.1, 0.15) is 0 Å². The van der Waals surface area contributed by atoms with Crippen LogP contribution in [0, 0.1) is 6.92 Å². The van der Waals surface area contributed by atoms with Gasteiger partial charge in [0.05, 0.1) is 24.1 Å². The first-order chi connectivity index (χ1) is 13.2. The van der Waals surface area contributed by atoms with Crippen LogP contribution in [0.4, 0.5) is 5.69 Å². The molecule has 138 valence electrons. The van der Waals surface area contributed by atoms with E-state index in [9.17, 15) is 4.79 Å². The molecule has 2 aromatic carbocycles. The van der Waals surface area contributed by atoms with Crippen molar-refractivity contribution in [3.8, 4) is 5.69 Å². The maximum absolute atomic E-state index is 12.6. The number of aromatic nitrogens is 3. The number of carbonyl (C=O) groups excluding carboxylic acids is 1. The fourth-order valence-electron chi connectivity index (χ4n) is 3.02. The van der Waals surface area contributed by atoms with Crippen LogP contribution in [0.2, 0.25) is 0 Å². The molecule has 0 unspecified atom stereocenters. The number of benzene rings is 2. The summed E-state index contributed by atoms with van der Waals surface area (Å²) in [5.41, 5.74) is 3.50. The second-order valence-electron chi connectivity index (χ2n) is 6.40. The first-order valence-electron chi connectivity index (χ1n) is 8.94. The van der Waals surface area contributed by atoms with Gasteiger partial charge in [0.2, 0.25) is 0 Å². The Morgan fingerprint density at radius 2 is 1.93 bits per heavy atom.